The maximum absolute atomic E-state index is 13.7. The lowest BCUT2D eigenvalue weighted by Crippen LogP contribution is -2.45. The molecule has 5 heteroatoms. The zero-order valence-electron chi connectivity index (χ0n) is 10.2. The van der Waals surface area contributed by atoms with Gasteiger partial charge in [-0.2, -0.15) is 0 Å². The fourth-order valence-corrected chi connectivity index (χ4v) is 2.45. The summed E-state index contributed by atoms with van der Waals surface area (Å²) in [4.78, 5) is 0. The Morgan fingerprint density at radius 1 is 1.39 bits per heavy atom. The van der Waals surface area contributed by atoms with Gasteiger partial charge in [-0.1, -0.05) is 0 Å². The van der Waals surface area contributed by atoms with Gasteiger partial charge in [-0.05, 0) is 47.8 Å². The van der Waals surface area contributed by atoms with Gasteiger partial charge in [0.1, 0.15) is 11.6 Å². The smallest absolute Gasteiger partial charge is 0.144 e. The van der Waals surface area contributed by atoms with Crippen molar-refractivity contribution in [3.8, 4) is 0 Å². The highest BCUT2D eigenvalue weighted by atomic mass is 79.9. The summed E-state index contributed by atoms with van der Waals surface area (Å²) in [5.41, 5.74) is 0.0873. The number of hydrogen-bond acceptors (Lipinski definition) is 2. The van der Waals surface area contributed by atoms with E-state index in [0.717, 1.165) is 12.8 Å². The molecule has 1 aliphatic carbocycles. The third-order valence-corrected chi connectivity index (χ3v) is 3.82. The van der Waals surface area contributed by atoms with Gasteiger partial charge in [0, 0.05) is 24.8 Å². The van der Waals surface area contributed by atoms with Gasteiger partial charge in [0.2, 0.25) is 0 Å². The molecule has 2 rings (SSSR count). The number of hydrogen-bond donors (Lipinski definition) is 1. The molecule has 0 saturated heterocycles. The Balaban J connectivity index is 1.86. The van der Waals surface area contributed by atoms with Gasteiger partial charge >= 0.3 is 0 Å². The average Bonchev–Trinajstić information content (AvgIpc) is 2.30. The molecule has 0 spiro atoms. The average molecular weight is 320 g/mol. The summed E-state index contributed by atoms with van der Waals surface area (Å²) in [5.74, 6) is -1.04. The topological polar surface area (TPSA) is 21.3 Å². The van der Waals surface area contributed by atoms with E-state index in [1.165, 1.54) is 12.1 Å². The van der Waals surface area contributed by atoms with Crippen LogP contribution in [-0.4, -0.2) is 18.8 Å². The second-order valence-electron chi connectivity index (χ2n) is 4.45. The first-order chi connectivity index (χ1) is 8.61. The summed E-state index contributed by atoms with van der Waals surface area (Å²) in [6.45, 7) is 2.89. The monoisotopic (exact) mass is 319 g/mol. The maximum Gasteiger partial charge on any atom is 0.144 e. The van der Waals surface area contributed by atoms with E-state index in [1.54, 1.807) is 0 Å². The SMILES string of the molecule is CCOC1CC(NCc2c(F)ccc(Br)c2F)C1. The molecule has 100 valence electrons. The van der Waals surface area contributed by atoms with Crippen LogP contribution < -0.4 is 5.32 Å². The molecule has 0 atom stereocenters. The first-order valence-corrected chi connectivity index (χ1v) is 6.88. The minimum atomic E-state index is -0.525. The van der Waals surface area contributed by atoms with E-state index in [1.807, 2.05) is 6.92 Å². The Bertz CT molecular complexity index is 422. The normalized spacial score (nSPS) is 22.9. The highest BCUT2D eigenvalue weighted by Gasteiger charge is 2.29. The predicted octanol–water partition coefficient (Wildman–Crippen LogP) is 3.38. The number of benzene rings is 1. The molecule has 0 bridgehead atoms. The fourth-order valence-electron chi connectivity index (χ4n) is 2.08. The van der Waals surface area contributed by atoms with Gasteiger partial charge in [-0.15, -0.1) is 0 Å². The lowest BCUT2D eigenvalue weighted by molar-refractivity contribution is -0.0103. The number of nitrogens with one attached hydrogen (secondary N) is 1. The van der Waals surface area contributed by atoms with Gasteiger partial charge in [-0.3, -0.25) is 0 Å². The van der Waals surface area contributed by atoms with E-state index in [2.05, 4.69) is 21.2 Å². The molecule has 1 aromatic carbocycles. The van der Waals surface area contributed by atoms with Crippen molar-refractivity contribution in [1.82, 2.24) is 5.32 Å². The Labute approximate surface area is 114 Å². The first kappa shape index (κ1) is 13.9. The fraction of sp³-hybridized carbons (Fsp3) is 0.538. The van der Waals surface area contributed by atoms with Crippen molar-refractivity contribution in [3.63, 3.8) is 0 Å². The van der Waals surface area contributed by atoms with Crippen LogP contribution in [0.15, 0.2) is 16.6 Å². The Morgan fingerprint density at radius 2 is 2.11 bits per heavy atom. The second kappa shape index (κ2) is 6.08. The van der Waals surface area contributed by atoms with Crippen molar-refractivity contribution in [2.75, 3.05) is 6.61 Å². The van der Waals surface area contributed by atoms with E-state index in [0.29, 0.717) is 23.2 Å². The minimum absolute atomic E-state index is 0.0873. The predicted molar refractivity (Wildman–Crippen MR) is 69.3 cm³/mol. The first-order valence-electron chi connectivity index (χ1n) is 6.09. The summed E-state index contributed by atoms with van der Waals surface area (Å²) in [5, 5.41) is 3.15. The molecular weight excluding hydrogens is 304 g/mol. The molecule has 0 unspecified atom stereocenters. The summed E-state index contributed by atoms with van der Waals surface area (Å²) in [7, 11) is 0. The third kappa shape index (κ3) is 3.08. The van der Waals surface area contributed by atoms with E-state index in [4.69, 9.17) is 4.74 Å². The summed E-state index contributed by atoms with van der Waals surface area (Å²) in [6.07, 6.45) is 2.11. The van der Waals surface area contributed by atoms with E-state index >= 15 is 0 Å². The Kier molecular flexibility index (Phi) is 4.70. The standard InChI is InChI=1S/C13H16BrF2NO/c1-2-18-9-5-8(6-9)17-7-10-12(15)4-3-11(14)13(10)16/h3-4,8-9,17H,2,5-7H2,1H3. The molecular formula is C13H16BrF2NO. The van der Waals surface area contributed by atoms with E-state index in [-0.39, 0.29) is 12.1 Å². The van der Waals surface area contributed by atoms with Crippen LogP contribution in [0, 0.1) is 11.6 Å². The van der Waals surface area contributed by atoms with Crippen LogP contribution in [0.1, 0.15) is 25.3 Å². The van der Waals surface area contributed by atoms with Gasteiger partial charge in [0.25, 0.3) is 0 Å². The van der Waals surface area contributed by atoms with E-state index < -0.39 is 11.6 Å². The molecule has 0 amide bonds. The highest BCUT2D eigenvalue weighted by molar-refractivity contribution is 9.10. The molecule has 1 saturated carbocycles. The molecule has 1 aromatic rings. The zero-order chi connectivity index (χ0) is 13.1. The van der Waals surface area contributed by atoms with Gasteiger partial charge < -0.3 is 10.1 Å². The summed E-state index contributed by atoms with van der Waals surface area (Å²) < 4.78 is 32.9. The summed E-state index contributed by atoms with van der Waals surface area (Å²) >= 11 is 3.06. The number of halogens is 3. The van der Waals surface area contributed by atoms with Crippen LogP contribution in [0.25, 0.3) is 0 Å². The number of ether oxygens (including phenoxy) is 1. The second-order valence-corrected chi connectivity index (χ2v) is 5.30. The van der Waals surface area contributed by atoms with Crippen LogP contribution >= 0.6 is 15.9 Å². The van der Waals surface area contributed by atoms with Gasteiger partial charge in [0.15, 0.2) is 0 Å². The highest BCUT2D eigenvalue weighted by Crippen LogP contribution is 2.25. The van der Waals surface area contributed by atoms with Crippen molar-refractivity contribution >= 4 is 15.9 Å². The van der Waals surface area contributed by atoms with Crippen molar-refractivity contribution < 1.29 is 13.5 Å². The molecule has 2 nitrogen and oxygen atoms in total. The molecule has 0 radical (unpaired) electrons. The van der Waals surface area contributed by atoms with Gasteiger partial charge in [-0.25, -0.2) is 8.78 Å². The van der Waals surface area contributed by atoms with Crippen molar-refractivity contribution in [1.29, 1.82) is 0 Å². The van der Waals surface area contributed by atoms with E-state index in [9.17, 15) is 8.78 Å². The molecule has 0 aliphatic heterocycles. The minimum Gasteiger partial charge on any atom is -0.378 e. The third-order valence-electron chi connectivity index (χ3n) is 3.20. The lowest BCUT2D eigenvalue weighted by atomic mass is 9.89. The molecule has 18 heavy (non-hydrogen) atoms. The molecule has 1 fully saturated rings. The van der Waals surface area contributed by atoms with Gasteiger partial charge in [0.05, 0.1) is 10.6 Å². The van der Waals surface area contributed by atoms with Crippen molar-refractivity contribution in [3.05, 3.63) is 33.8 Å². The van der Waals surface area contributed by atoms with Crippen LogP contribution in [0.5, 0.6) is 0 Å². The largest absolute Gasteiger partial charge is 0.378 e. The van der Waals surface area contributed by atoms with Crippen LogP contribution in [0.3, 0.4) is 0 Å². The van der Waals surface area contributed by atoms with Crippen LogP contribution in [-0.2, 0) is 11.3 Å². The van der Waals surface area contributed by atoms with Crippen molar-refractivity contribution in [2.45, 2.75) is 38.5 Å². The summed E-state index contributed by atoms with van der Waals surface area (Å²) in [6, 6.07) is 2.94. The molecule has 1 N–H and O–H groups in total. The Morgan fingerprint density at radius 3 is 2.78 bits per heavy atom. The number of rotatable bonds is 5. The molecule has 0 aromatic heterocycles. The van der Waals surface area contributed by atoms with Crippen LogP contribution in [0.2, 0.25) is 0 Å². The quantitative estimate of drug-likeness (QED) is 0.840. The Hall–Kier alpha value is -0.520. The molecule has 0 heterocycles. The lowest BCUT2D eigenvalue weighted by Gasteiger charge is -2.35. The maximum atomic E-state index is 13.7. The molecule has 1 aliphatic rings. The zero-order valence-corrected chi connectivity index (χ0v) is 11.8. The van der Waals surface area contributed by atoms with Crippen molar-refractivity contribution in [2.24, 2.45) is 0 Å². The van der Waals surface area contributed by atoms with Crippen LogP contribution in [0.4, 0.5) is 8.78 Å².